The number of aromatic nitrogens is 2. The maximum absolute atomic E-state index is 13.0. The average Bonchev–Trinajstić information content (AvgIpc) is 2.79. The fraction of sp³-hybridized carbons (Fsp3) is 0.250. The van der Waals surface area contributed by atoms with Crippen molar-refractivity contribution in [2.24, 2.45) is 0 Å². The summed E-state index contributed by atoms with van der Waals surface area (Å²) in [6.07, 6.45) is 3.46. The zero-order valence-corrected chi connectivity index (χ0v) is 17.6. The zero-order valence-electron chi connectivity index (χ0n) is 17.6. The largest absolute Gasteiger partial charge is 0.485 e. The first kappa shape index (κ1) is 21.3. The summed E-state index contributed by atoms with van der Waals surface area (Å²) in [5.41, 5.74) is 0.442. The predicted molar refractivity (Wildman–Crippen MR) is 114 cm³/mol. The van der Waals surface area contributed by atoms with Gasteiger partial charge in [0.15, 0.2) is 0 Å². The highest BCUT2D eigenvalue weighted by atomic mass is 16.5. The molecule has 32 heavy (non-hydrogen) atoms. The smallest absolute Gasteiger partial charge is 0.340 e. The Morgan fingerprint density at radius 3 is 2.81 bits per heavy atom. The van der Waals surface area contributed by atoms with Gasteiger partial charge in [0.05, 0.1) is 23.2 Å². The number of fused-ring (bicyclic) bond motifs is 1. The molecule has 1 aliphatic rings. The minimum atomic E-state index is -1.05. The molecule has 0 saturated carbocycles. The van der Waals surface area contributed by atoms with Crippen LogP contribution in [0.2, 0.25) is 0 Å². The van der Waals surface area contributed by atoms with Crippen LogP contribution in [0.25, 0.3) is 0 Å². The average molecular weight is 431 g/mol. The van der Waals surface area contributed by atoms with E-state index in [1.54, 1.807) is 62.6 Å². The monoisotopic (exact) mass is 431 g/mol. The molecule has 0 amide bonds. The van der Waals surface area contributed by atoms with Crippen molar-refractivity contribution < 1.29 is 19.4 Å². The molecule has 3 heterocycles. The van der Waals surface area contributed by atoms with E-state index in [1.165, 1.54) is 16.8 Å². The third-order valence-corrected chi connectivity index (χ3v) is 5.42. The Kier molecular flexibility index (Phi) is 5.51. The van der Waals surface area contributed by atoms with Gasteiger partial charge in [-0.2, -0.15) is 5.26 Å². The molecule has 1 aliphatic heterocycles. The number of hydrogen-bond acceptors (Lipinski definition) is 7. The summed E-state index contributed by atoms with van der Waals surface area (Å²) in [6, 6.07) is 12.5. The molecular formula is C24H21N3O5. The Labute approximate surface area is 184 Å². The van der Waals surface area contributed by atoms with Crippen LogP contribution in [0.1, 0.15) is 46.9 Å². The Hall–Kier alpha value is -3.96. The topological polar surface area (TPSA) is 114 Å². The lowest BCUT2D eigenvalue weighted by Crippen LogP contribution is -2.52. The van der Waals surface area contributed by atoms with Crippen molar-refractivity contribution >= 4 is 5.97 Å². The second-order valence-corrected chi connectivity index (χ2v) is 8.06. The van der Waals surface area contributed by atoms with E-state index in [9.17, 15) is 20.0 Å². The van der Waals surface area contributed by atoms with Crippen molar-refractivity contribution in [2.75, 3.05) is 0 Å². The lowest BCUT2D eigenvalue weighted by atomic mass is 9.85. The van der Waals surface area contributed by atoms with Gasteiger partial charge in [-0.3, -0.25) is 9.78 Å². The Morgan fingerprint density at radius 1 is 1.31 bits per heavy atom. The molecular weight excluding hydrogens is 410 g/mol. The number of carbonyl (C=O) groups excluding carboxylic acids is 1. The third kappa shape index (κ3) is 3.98. The summed E-state index contributed by atoms with van der Waals surface area (Å²) in [4.78, 5) is 29.0. The molecule has 2 aromatic heterocycles. The summed E-state index contributed by atoms with van der Waals surface area (Å²) >= 11 is 0. The first-order chi connectivity index (χ1) is 15.3. The van der Waals surface area contributed by atoms with Gasteiger partial charge in [0.25, 0.3) is 5.56 Å². The van der Waals surface area contributed by atoms with Gasteiger partial charge in [-0.15, -0.1) is 0 Å². The van der Waals surface area contributed by atoms with Gasteiger partial charge >= 0.3 is 5.97 Å². The minimum absolute atomic E-state index is 0.0825. The van der Waals surface area contributed by atoms with Crippen molar-refractivity contribution in [1.82, 2.24) is 9.55 Å². The number of benzene rings is 1. The summed E-state index contributed by atoms with van der Waals surface area (Å²) in [5, 5.41) is 20.3. The van der Waals surface area contributed by atoms with Crippen LogP contribution >= 0.6 is 0 Å². The normalized spacial score (nSPS) is 18.7. The number of esters is 1. The summed E-state index contributed by atoms with van der Waals surface area (Å²) < 4.78 is 12.6. The molecule has 0 aliphatic carbocycles. The highest BCUT2D eigenvalue weighted by Crippen LogP contribution is 2.41. The van der Waals surface area contributed by atoms with E-state index >= 15 is 0 Å². The molecule has 1 N–H and O–H groups in total. The molecule has 162 valence electrons. The van der Waals surface area contributed by atoms with E-state index in [-0.39, 0.29) is 12.2 Å². The molecule has 0 fully saturated rings. The molecule has 2 atom stereocenters. The maximum Gasteiger partial charge on any atom is 0.340 e. The second-order valence-electron chi connectivity index (χ2n) is 8.06. The molecule has 0 unspecified atom stereocenters. The van der Waals surface area contributed by atoms with Gasteiger partial charge in [-0.1, -0.05) is 0 Å². The molecule has 1 aromatic carbocycles. The van der Waals surface area contributed by atoms with Crippen molar-refractivity contribution in [3.63, 3.8) is 0 Å². The van der Waals surface area contributed by atoms with Gasteiger partial charge in [-0.25, -0.2) is 4.79 Å². The Balaban J connectivity index is 1.63. The van der Waals surface area contributed by atoms with Crippen molar-refractivity contribution in [2.45, 2.75) is 38.2 Å². The quantitative estimate of drug-likeness (QED) is 0.632. The fourth-order valence-corrected chi connectivity index (χ4v) is 3.70. The number of nitriles is 1. The van der Waals surface area contributed by atoms with Crippen LogP contribution < -0.4 is 10.3 Å². The van der Waals surface area contributed by atoms with Crippen LogP contribution in [0.4, 0.5) is 0 Å². The number of aliphatic hydroxyl groups is 1. The van der Waals surface area contributed by atoms with Crippen LogP contribution in [0.15, 0.2) is 65.8 Å². The Morgan fingerprint density at radius 2 is 2.12 bits per heavy atom. The molecule has 0 bridgehead atoms. The van der Waals surface area contributed by atoms with Crippen LogP contribution in [-0.4, -0.2) is 32.3 Å². The van der Waals surface area contributed by atoms with E-state index in [0.29, 0.717) is 28.0 Å². The lowest BCUT2D eigenvalue weighted by Gasteiger charge is -2.42. The van der Waals surface area contributed by atoms with Crippen molar-refractivity contribution in [3.05, 3.63) is 93.7 Å². The molecule has 0 spiro atoms. The lowest BCUT2D eigenvalue weighted by molar-refractivity contribution is -0.0643. The number of pyridine rings is 2. The third-order valence-electron chi connectivity index (χ3n) is 5.42. The fourth-order valence-electron chi connectivity index (χ4n) is 3.70. The first-order valence-corrected chi connectivity index (χ1v) is 9.99. The summed E-state index contributed by atoms with van der Waals surface area (Å²) in [6.45, 7) is 3.40. The molecule has 8 nitrogen and oxygen atoms in total. The predicted octanol–water partition coefficient (Wildman–Crippen LogP) is 2.59. The van der Waals surface area contributed by atoms with E-state index in [1.807, 2.05) is 0 Å². The van der Waals surface area contributed by atoms with E-state index < -0.39 is 23.7 Å². The number of ether oxygens (including phenoxy) is 2. The van der Waals surface area contributed by atoms with Gasteiger partial charge in [0.2, 0.25) is 0 Å². The Bertz CT molecular complexity index is 1260. The number of nitrogens with zero attached hydrogens (tertiary/aromatic N) is 3. The van der Waals surface area contributed by atoms with Crippen molar-refractivity contribution in [1.29, 1.82) is 5.26 Å². The molecule has 0 radical (unpaired) electrons. The van der Waals surface area contributed by atoms with Gasteiger partial charge in [-0.05, 0) is 55.8 Å². The SMILES string of the molecule is CC1(C)Oc2ccc(C#N)cc2[C@@H](n2ccc(COC(=O)c3cccnc3)cc2=O)[C@@H]1O. The molecule has 8 heteroatoms. The number of aliphatic hydroxyl groups excluding tert-OH is 1. The number of rotatable bonds is 4. The summed E-state index contributed by atoms with van der Waals surface area (Å²) in [7, 11) is 0. The number of carbonyl (C=O) groups is 1. The van der Waals surface area contributed by atoms with E-state index in [2.05, 4.69) is 11.1 Å². The summed E-state index contributed by atoms with van der Waals surface area (Å²) in [5.74, 6) is -0.0347. The van der Waals surface area contributed by atoms with Crippen LogP contribution in [0.3, 0.4) is 0 Å². The number of hydrogen-bond donors (Lipinski definition) is 1. The minimum Gasteiger partial charge on any atom is -0.485 e. The highest BCUT2D eigenvalue weighted by Gasteiger charge is 2.44. The first-order valence-electron chi connectivity index (χ1n) is 9.99. The maximum atomic E-state index is 13.0. The van der Waals surface area contributed by atoms with Gasteiger partial charge in [0.1, 0.15) is 24.1 Å². The van der Waals surface area contributed by atoms with Crippen LogP contribution in [0.5, 0.6) is 5.75 Å². The second kappa shape index (κ2) is 8.29. The van der Waals surface area contributed by atoms with Crippen molar-refractivity contribution in [3.8, 4) is 11.8 Å². The zero-order chi connectivity index (χ0) is 22.9. The van der Waals surface area contributed by atoms with Crippen LogP contribution in [-0.2, 0) is 11.3 Å². The standard InChI is InChI=1S/C24H21N3O5/c1-24(2)22(29)21(18-10-15(12-25)5-6-19(18)32-24)27-9-7-16(11-20(27)28)14-31-23(30)17-4-3-8-26-13-17/h3-11,13,21-22,29H,14H2,1-2H3/t21-,22+/m1/s1. The molecule has 4 rings (SSSR count). The highest BCUT2D eigenvalue weighted by molar-refractivity contribution is 5.88. The molecule has 0 saturated heterocycles. The van der Waals surface area contributed by atoms with E-state index in [4.69, 9.17) is 9.47 Å². The molecule has 3 aromatic rings. The van der Waals surface area contributed by atoms with Gasteiger partial charge in [0, 0.05) is 30.2 Å². The van der Waals surface area contributed by atoms with Gasteiger partial charge < -0.3 is 19.1 Å². The van der Waals surface area contributed by atoms with Crippen LogP contribution in [0, 0.1) is 11.3 Å². The van der Waals surface area contributed by atoms with E-state index in [0.717, 1.165) is 0 Å².